The SMILES string of the molecule is Cc1ccc2nc(N3CCC(C(N)=O)CC3)c(/C=C3/SC(=S)N(Cc4ccc5c(c4)OCO5)C3=O)c(=O)n2c1. The molecule has 0 bridgehead atoms. The third-order valence-corrected chi connectivity index (χ3v) is 8.49. The highest BCUT2D eigenvalue weighted by molar-refractivity contribution is 8.26. The van der Waals surface area contributed by atoms with Crippen LogP contribution in [0.5, 0.6) is 11.5 Å². The highest BCUT2D eigenvalue weighted by Gasteiger charge is 2.34. The van der Waals surface area contributed by atoms with Gasteiger partial charge in [-0.1, -0.05) is 36.1 Å². The zero-order chi connectivity index (χ0) is 27.3. The highest BCUT2D eigenvalue weighted by Crippen LogP contribution is 2.37. The predicted molar refractivity (Wildman–Crippen MR) is 152 cm³/mol. The molecular formula is C27H25N5O5S2. The van der Waals surface area contributed by atoms with Gasteiger partial charge in [-0.15, -0.1) is 0 Å². The van der Waals surface area contributed by atoms with E-state index in [2.05, 4.69) is 0 Å². The van der Waals surface area contributed by atoms with Crippen LogP contribution < -0.4 is 25.7 Å². The van der Waals surface area contributed by atoms with Crippen molar-refractivity contribution in [3.05, 3.63) is 68.5 Å². The molecule has 0 radical (unpaired) electrons. The number of fused-ring (bicyclic) bond motifs is 2. The Morgan fingerprint density at radius 2 is 1.95 bits per heavy atom. The number of nitrogens with zero attached hydrogens (tertiary/aromatic N) is 4. The summed E-state index contributed by atoms with van der Waals surface area (Å²) in [6, 6.07) is 9.20. The van der Waals surface area contributed by atoms with Gasteiger partial charge in [0.15, 0.2) is 11.5 Å². The van der Waals surface area contributed by atoms with Crippen LogP contribution in [-0.4, -0.2) is 50.3 Å². The van der Waals surface area contributed by atoms with Gasteiger partial charge in [-0.25, -0.2) is 4.98 Å². The molecule has 2 fully saturated rings. The van der Waals surface area contributed by atoms with Crippen LogP contribution in [0.4, 0.5) is 5.82 Å². The molecule has 39 heavy (non-hydrogen) atoms. The lowest BCUT2D eigenvalue weighted by molar-refractivity contribution is -0.123. The summed E-state index contributed by atoms with van der Waals surface area (Å²) >= 11 is 6.71. The molecule has 12 heteroatoms. The normalized spacial score (nSPS) is 18.5. The number of thiocarbonyl (C=S) groups is 1. The van der Waals surface area contributed by atoms with Crippen LogP contribution in [0.3, 0.4) is 0 Å². The highest BCUT2D eigenvalue weighted by atomic mass is 32.2. The fourth-order valence-corrected chi connectivity index (χ4v) is 6.22. The van der Waals surface area contributed by atoms with Crippen LogP contribution in [0.25, 0.3) is 11.7 Å². The van der Waals surface area contributed by atoms with Gasteiger partial charge in [0.05, 0.1) is 17.0 Å². The first-order valence-electron chi connectivity index (χ1n) is 12.5. The van der Waals surface area contributed by atoms with Crippen LogP contribution in [0.1, 0.15) is 29.5 Å². The van der Waals surface area contributed by atoms with E-state index < -0.39 is 0 Å². The molecule has 6 rings (SSSR count). The zero-order valence-corrected chi connectivity index (χ0v) is 22.7. The summed E-state index contributed by atoms with van der Waals surface area (Å²) in [6.07, 6.45) is 4.47. The van der Waals surface area contributed by atoms with E-state index >= 15 is 0 Å². The van der Waals surface area contributed by atoms with E-state index in [1.54, 1.807) is 18.3 Å². The van der Waals surface area contributed by atoms with E-state index in [1.165, 1.54) is 9.30 Å². The maximum atomic E-state index is 13.8. The molecule has 3 aromatic rings. The molecule has 0 aliphatic carbocycles. The number of primary amides is 1. The average Bonchev–Trinajstić information content (AvgIpc) is 3.50. The number of thioether (sulfide) groups is 1. The molecule has 200 valence electrons. The Morgan fingerprint density at radius 1 is 1.18 bits per heavy atom. The lowest BCUT2D eigenvalue weighted by Gasteiger charge is -2.32. The van der Waals surface area contributed by atoms with Gasteiger partial charge >= 0.3 is 0 Å². The topological polar surface area (TPSA) is 119 Å². The Hall–Kier alpha value is -3.90. The minimum absolute atomic E-state index is 0.167. The van der Waals surface area contributed by atoms with Gasteiger partial charge in [-0.05, 0) is 55.2 Å². The summed E-state index contributed by atoms with van der Waals surface area (Å²) in [5.74, 6) is 0.965. The molecule has 0 unspecified atom stereocenters. The van der Waals surface area contributed by atoms with Crippen molar-refractivity contribution in [2.24, 2.45) is 11.7 Å². The van der Waals surface area contributed by atoms with Crippen LogP contribution in [-0.2, 0) is 16.1 Å². The number of anilines is 1. The smallest absolute Gasteiger partial charge is 0.267 e. The fraction of sp³-hybridized carbons (Fsp3) is 0.296. The van der Waals surface area contributed by atoms with Crippen molar-refractivity contribution >= 4 is 57.7 Å². The number of aromatic nitrogens is 2. The first-order chi connectivity index (χ1) is 18.8. The lowest BCUT2D eigenvalue weighted by atomic mass is 9.96. The maximum Gasteiger partial charge on any atom is 0.267 e. The molecule has 2 amide bonds. The number of ether oxygens (including phenoxy) is 2. The standard InChI is InChI=1S/C27H25N5O5S2/c1-15-2-5-22-29-24(30-8-6-17(7-9-30)23(28)33)18(25(34)31(22)12-15)11-21-26(35)32(27(38)39-21)13-16-3-4-19-20(10-16)37-14-36-19/h2-5,10-12,17H,6-9,13-14H2,1H3,(H2,28,33)/b21-11+. The molecule has 0 spiro atoms. The molecule has 0 saturated carbocycles. The van der Waals surface area contributed by atoms with E-state index in [1.807, 2.05) is 36.1 Å². The summed E-state index contributed by atoms with van der Waals surface area (Å²) in [6.45, 7) is 3.37. The summed E-state index contributed by atoms with van der Waals surface area (Å²) in [5, 5.41) is 0. The fourth-order valence-electron chi connectivity index (χ4n) is 4.98. The molecule has 1 aromatic carbocycles. The van der Waals surface area contributed by atoms with Crippen molar-refractivity contribution in [2.45, 2.75) is 26.3 Å². The number of hydrogen-bond donors (Lipinski definition) is 1. The molecular weight excluding hydrogens is 538 g/mol. The summed E-state index contributed by atoms with van der Waals surface area (Å²) in [4.78, 5) is 47.6. The number of pyridine rings is 1. The van der Waals surface area contributed by atoms with Crippen molar-refractivity contribution in [3.8, 4) is 11.5 Å². The number of rotatable bonds is 5. The number of amides is 2. The van der Waals surface area contributed by atoms with Crippen LogP contribution in [0, 0.1) is 12.8 Å². The number of carbonyl (C=O) groups excluding carboxylic acids is 2. The Labute approximate surface area is 233 Å². The van der Waals surface area contributed by atoms with E-state index in [0.717, 1.165) is 22.9 Å². The number of carbonyl (C=O) groups is 2. The Bertz CT molecular complexity index is 1630. The number of piperidine rings is 1. The minimum Gasteiger partial charge on any atom is -0.454 e. The second-order valence-corrected chi connectivity index (χ2v) is 11.4. The van der Waals surface area contributed by atoms with Gasteiger partial charge in [-0.3, -0.25) is 23.7 Å². The molecule has 2 aromatic heterocycles. The molecule has 2 N–H and O–H groups in total. The van der Waals surface area contributed by atoms with Gasteiger partial charge in [-0.2, -0.15) is 0 Å². The van der Waals surface area contributed by atoms with Crippen LogP contribution >= 0.6 is 24.0 Å². The summed E-state index contributed by atoms with van der Waals surface area (Å²) < 4.78 is 12.7. The Morgan fingerprint density at radius 3 is 2.72 bits per heavy atom. The van der Waals surface area contributed by atoms with E-state index in [4.69, 9.17) is 32.4 Å². The van der Waals surface area contributed by atoms with Gasteiger partial charge in [0.2, 0.25) is 12.7 Å². The lowest BCUT2D eigenvalue weighted by Crippen LogP contribution is -2.40. The molecule has 3 aliphatic rings. The predicted octanol–water partition coefficient (Wildman–Crippen LogP) is 2.83. The van der Waals surface area contributed by atoms with Crippen molar-refractivity contribution < 1.29 is 19.1 Å². The van der Waals surface area contributed by atoms with Gasteiger partial charge < -0.3 is 20.1 Å². The largest absolute Gasteiger partial charge is 0.454 e. The van der Waals surface area contributed by atoms with Gasteiger partial charge in [0.25, 0.3) is 11.5 Å². The average molecular weight is 564 g/mol. The number of benzene rings is 1. The maximum absolute atomic E-state index is 13.8. The summed E-state index contributed by atoms with van der Waals surface area (Å²) in [5.41, 5.74) is 7.80. The number of hydrogen-bond acceptors (Lipinski definition) is 9. The van der Waals surface area contributed by atoms with Gasteiger partial charge in [0, 0.05) is 25.2 Å². The molecule has 10 nitrogen and oxygen atoms in total. The zero-order valence-electron chi connectivity index (χ0n) is 21.1. The molecule has 5 heterocycles. The van der Waals surface area contributed by atoms with Crippen LogP contribution in [0.2, 0.25) is 0 Å². The van der Waals surface area contributed by atoms with Crippen molar-refractivity contribution in [3.63, 3.8) is 0 Å². The van der Waals surface area contributed by atoms with Crippen molar-refractivity contribution in [1.29, 1.82) is 0 Å². The molecule has 3 aliphatic heterocycles. The van der Waals surface area contributed by atoms with Crippen molar-refractivity contribution in [2.75, 3.05) is 24.8 Å². The third kappa shape index (κ3) is 4.74. The Kier molecular flexibility index (Phi) is 6.51. The number of aryl methyl sites for hydroxylation is 1. The third-order valence-electron chi connectivity index (χ3n) is 7.11. The first-order valence-corrected chi connectivity index (χ1v) is 13.7. The van der Waals surface area contributed by atoms with Crippen molar-refractivity contribution in [1.82, 2.24) is 14.3 Å². The number of nitrogens with two attached hydrogens (primary N) is 1. The van der Waals surface area contributed by atoms with E-state index in [-0.39, 0.29) is 36.6 Å². The summed E-state index contributed by atoms with van der Waals surface area (Å²) in [7, 11) is 0. The second kappa shape index (κ2) is 10.0. The second-order valence-electron chi connectivity index (χ2n) is 9.71. The van der Waals surface area contributed by atoms with Gasteiger partial charge in [0.1, 0.15) is 15.8 Å². The molecule has 0 atom stereocenters. The monoisotopic (exact) mass is 563 g/mol. The van der Waals surface area contributed by atoms with Crippen LogP contribution in [0.15, 0.2) is 46.2 Å². The minimum atomic E-state index is -0.317. The quantitative estimate of drug-likeness (QED) is 0.369. The Balaban J connectivity index is 1.36. The van der Waals surface area contributed by atoms with E-state index in [9.17, 15) is 14.4 Å². The molecule has 2 saturated heterocycles. The van der Waals surface area contributed by atoms with E-state index in [0.29, 0.717) is 63.7 Å². The first kappa shape index (κ1) is 25.4.